The molecule has 0 aromatic rings. The minimum absolute atomic E-state index is 0. The molecule has 0 amide bonds. The Balaban J connectivity index is 0. The fraction of sp³-hybridized carbons (Fsp3) is 0. The molecule has 0 saturated heterocycles. The molecule has 4 heavy (non-hydrogen) atoms. The quantitative estimate of drug-likeness (QED) is 0.421. The van der Waals surface area contributed by atoms with Crippen molar-refractivity contribution >= 4 is 0 Å². The summed E-state index contributed by atoms with van der Waals surface area (Å²) >= 11 is 0. The Bertz CT molecular complexity index is 11.6. The van der Waals surface area contributed by atoms with Gasteiger partial charge in [0.05, 0.1) is 0 Å². The summed E-state index contributed by atoms with van der Waals surface area (Å²) in [4.78, 5) is 0. The van der Waals surface area contributed by atoms with E-state index in [4.69, 9.17) is 0 Å². The van der Waals surface area contributed by atoms with E-state index in [0.29, 0.717) is 0 Å². The van der Waals surface area contributed by atoms with E-state index in [2.05, 4.69) is 0 Å². The predicted octanol–water partition coefficient (Wildman–Crippen LogP) is -2.89. The normalized spacial score (nSPS) is 0. The van der Waals surface area contributed by atoms with Gasteiger partial charge in [-0.05, 0) is 0 Å². The van der Waals surface area contributed by atoms with Crippen LogP contribution in [0.25, 0.3) is 0 Å². The Morgan fingerprint density at radius 3 is 1.25 bits per heavy atom. The summed E-state index contributed by atoms with van der Waals surface area (Å²) in [5.74, 6) is 0. The minimum atomic E-state index is 0. The second-order valence-corrected chi connectivity index (χ2v) is 0. The molecule has 3 radical (unpaired) electrons. The van der Waals surface area contributed by atoms with Crippen LogP contribution in [0, 0.1) is 35.6 Å². The van der Waals surface area contributed by atoms with Crippen LogP contribution in [0.2, 0.25) is 0 Å². The average Bonchev–Trinajstić information content (AvgIpc) is 0. The van der Waals surface area contributed by atoms with Gasteiger partial charge >= 0.3 is 51.4 Å². The molecule has 4 heteroatoms. The van der Waals surface area contributed by atoms with Gasteiger partial charge in [0.1, 0.15) is 0 Å². The van der Waals surface area contributed by atoms with Gasteiger partial charge in [-0.15, -0.1) is 0 Å². The molecule has 0 fully saturated rings. The van der Waals surface area contributed by atoms with Crippen molar-refractivity contribution in [1.29, 1.82) is 0 Å². The fourth-order valence-electron chi connectivity index (χ4n) is 0. The Labute approximate surface area is 119 Å². The Morgan fingerprint density at radius 1 is 1.25 bits per heavy atom. The van der Waals surface area contributed by atoms with Gasteiger partial charge in [-0.25, -0.2) is 0 Å². The minimum Gasteiger partial charge on any atom is -1.00 e. The van der Waals surface area contributed by atoms with E-state index in [0.717, 1.165) is 0 Å². The fourth-order valence-corrected chi connectivity index (χ4v) is 0. The van der Waals surface area contributed by atoms with Crippen molar-refractivity contribution in [3.63, 3.8) is 0 Å². The Kier molecular flexibility index (Phi) is 98.0. The molecule has 0 spiro atoms. The molecule has 0 N–H and O–H groups in total. The van der Waals surface area contributed by atoms with Crippen molar-refractivity contribution in [3.05, 3.63) is 0 Å². The van der Waals surface area contributed by atoms with Crippen LogP contribution in [0.5, 0.6) is 0 Å². The van der Waals surface area contributed by atoms with Crippen LogP contribution in [0.15, 0.2) is 0 Å². The topological polar surface area (TPSA) is 0 Å². The van der Waals surface area contributed by atoms with Gasteiger partial charge in [0.2, 0.25) is 0 Å². The van der Waals surface area contributed by atoms with Crippen LogP contribution in [0.3, 0.4) is 0 Å². The number of hydrogen-bond donors (Lipinski definition) is 0. The molecule has 0 aromatic heterocycles. The molecule has 0 rings (SSSR count). The number of rotatable bonds is 0. The first-order valence-corrected chi connectivity index (χ1v) is 0. The summed E-state index contributed by atoms with van der Waals surface area (Å²) in [7, 11) is 0. The maximum atomic E-state index is 0. The van der Waals surface area contributed by atoms with E-state index in [9.17, 15) is 0 Å². The largest absolute Gasteiger partial charge is 1.00 e. The maximum absolute atomic E-state index is 0. The summed E-state index contributed by atoms with van der Waals surface area (Å²) in [5, 5.41) is 0. The first-order chi connectivity index (χ1) is 0. The van der Waals surface area contributed by atoms with Gasteiger partial charge in [-0.2, -0.15) is 0 Å². The molecule has 0 heterocycles. The Morgan fingerprint density at radius 2 is 1.25 bits per heavy atom. The zero-order chi connectivity index (χ0) is 0. The molecule has 0 nitrogen and oxygen atoms in total. The van der Waals surface area contributed by atoms with Crippen LogP contribution in [-0.4, -0.2) is 0 Å². The third-order valence-corrected chi connectivity index (χ3v) is 0. The van der Waals surface area contributed by atoms with Gasteiger partial charge in [0, 0.05) is 69.7 Å². The van der Waals surface area contributed by atoms with E-state index < -0.39 is 0 Å². The van der Waals surface area contributed by atoms with Crippen molar-refractivity contribution < 1.29 is 123 Å². The van der Waals surface area contributed by atoms with Gasteiger partial charge in [0.25, 0.3) is 0 Å². The summed E-state index contributed by atoms with van der Waals surface area (Å²) in [5.41, 5.74) is 0. The van der Waals surface area contributed by atoms with E-state index >= 15 is 0 Å². The molecule has 0 atom stereocenters. The summed E-state index contributed by atoms with van der Waals surface area (Å²) in [6.45, 7) is 0. The number of hydrogen-bond acceptors (Lipinski definition) is 0. The summed E-state index contributed by atoms with van der Waals surface area (Å²) in [6.07, 6.45) is 0. The van der Waals surface area contributed by atoms with Crippen LogP contribution >= 0.6 is 0 Å². The summed E-state index contributed by atoms with van der Waals surface area (Å²) < 4.78 is 0. The first kappa shape index (κ1) is 24.8. The van der Waals surface area contributed by atoms with E-state index in [1.165, 1.54) is 0 Å². The molecule has 0 bridgehead atoms. The molecule has 0 unspecified atom stereocenters. The molecule has 23 valence electrons. The van der Waals surface area contributed by atoms with Crippen molar-refractivity contribution in [2.24, 2.45) is 0 Å². The van der Waals surface area contributed by atoms with Crippen molar-refractivity contribution in [1.82, 2.24) is 0 Å². The molecular formula is HCuKLaMn. The van der Waals surface area contributed by atoms with Crippen LogP contribution in [-0.2, 0) is 34.1 Å². The molecule has 0 aliphatic heterocycles. The van der Waals surface area contributed by atoms with Crippen molar-refractivity contribution in [2.75, 3.05) is 0 Å². The first-order valence-electron chi connectivity index (χ1n) is 0. The van der Waals surface area contributed by atoms with Crippen LogP contribution < -0.4 is 51.4 Å². The van der Waals surface area contributed by atoms with E-state index in [-0.39, 0.29) is 123 Å². The van der Waals surface area contributed by atoms with Crippen LogP contribution in [0.4, 0.5) is 0 Å². The van der Waals surface area contributed by atoms with Gasteiger partial charge in [-0.3, -0.25) is 0 Å². The molecular weight excluding hydrogens is 296 g/mol. The van der Waals surface area contributed by atoms with E-state index in [1.807, 2.05) is 0 Å². The zero-order valence-electron chi connectivity index (χ0n) is 3.26. The molecule has 0 saturated carbocycles. The molecule has 0 aliphatic carbocycles. The van der Waals surface area contributed by atoms with Gasteiger partial charge in [-0.1, -0.05) is 0 Å². The second-order valence-electron chi connectivity index (χ2n) is 0. The summed E-state index contributed by atoms with van der Waals surface area (Å²) in [6, 6.07) is 0. The third kappa shape index (κ3) is 9.30. The average molecular weight is 297 g/mol. The Hall–Kier alpha value is 3.87. The maximum Gasteiger partial charge on any atom is 1.00 e. The SMILES string of the molecule is [Cu].[H-].[K+].[La].[Mn]. The van der Waals surface area contributed by atoms with Crippen LogP contribution in [0.1, 0.15) is 1.43 Å². The predicted molar refractivity (Wildman–Crippen MR) is 1.11 cm³/mol. The zero-order valence-corrected chi connectivity index (χ0v) is 11.1. The monoisotopic (exact) mass is 297 g/mol. The molecule has 0 aromatic carbocycles. The van der Waals surface area contributed by atoms with Crippen molar-refractivity contribution in [3.8, 4) is 0 Å². The third-order valence-electron chi connectivity index (χ3n) is 0. The van der Waals surface area contributed by atoms with Crippen molar-refractivity contribution in [2.45, 2.75) is 0 Å². The standard InChI is InChI=1S/Cu.K.La.Mn.H/q;+1;;;-1. The van der Waals surface area contributed by atoms with E-state index in [1.54, 1.807) is 0 Å². The molecule has 0 aliphatic rings. The van der Waals surface area contributed by atoms with Gasteiger partial charge < -0.3 is 1.43 Å². The van der Waals surface area contributed by atoms with Gasteiger partial charge in [0.15, 0.2) is 0 Å². The smallest absolute Gasteiger partial charge is 1.00 e. The second kappa shape index (κ2) is 15.8.